The van der Waals surface area contributed by atoms with E-state index in [0.717, 1.165) is 44.8 Å². The third-order valence-electron chi connectivity index (χ3n) is 15.9. The van der Waals surface area contributed by atoms with E-state index in [9.17, 15) is 24.0 Å². The van der Waals surface area contributed by atoms with Crippen LogP contribution >= 0.6 is 0 Å². The summed E-state index contributed by atoms with van der Waals surface area (Å²) in [5.41, 5.74) is 11.7. The predicted molar refractivity (Wildman–Crippen MR) is 446 cm³/mol. The quantitative estimate of drug-likeness (QED) is 0.106. The maximum absolute atomic E-state index is 12.3. The van der Waals surface area contributed by atoms with E-state index in [4.69, 9.17) is 0 Å². The fourth-order valence-electron chi connectivity index (χ4n) is 9.59. The molecule has 0 saturated heterocycles. The second kappa shape index (κ2) is 41.0. The van der Waals surface area contributed by atoms with Crippen molar-refractivity contribution in [2.45, 2.75) is 226 Å². The minimum Gasteiger partial charge on any atom is -0.299 e. The lowest BCUT2D eigenvalue weighted by Crippen LogP contribution is -2.20. The Labute approximate surface area is 620 Å². The number of ketones is 5. The van der Waals surface area contributed by atoms with Gasteiger partial charge in [-0.2, -0.15) is 0 Å². The van der Waals surface area contributed by atoms with Crippen molar-refractivity contribution in [3.63, 3.8) is 0 Å². The van der Waals surface area contributed by atoms with Gasteiger partial charge in [0.15, 0.2) is 23.1 Å². The number of hydrogen-bond acceptors (Lipinski definition) is 5. The Morgan fingerprint density at radius 2 is 0.784 bits per heavy atom. The lowest BCUT2D eigenvalue weighted by Gasteiger charge is -2.21. The van der Waals surface area contributed by atoms with Crippen LogP contribution in [0.15, 0.2) is 224 Å². The molecule has 0 amide bonds. The zero-order valence-electron chi connectivity index (χ0n) is 67.6. The van der Waals surface area contributed by atoms with E-state index >= 15 is 0 Å². The van der Waals surface area contributed by atoms with Gasteiger partial charge in [-0.15, -0.1) is 0 Å². The minimum absolute atomic E-state index is 0. The van der Waals surface area contributed by atoms with Crippen LogP contribution in [0, 0.1) is 58.7 Å². The van der Waals surface area contributed by atoms with Gasteiger partial charge >= 0.3 is 0 Å². The molecule has 0 unspecified atom stereocenters. The van der Waals surface area contributed by atoms with Crippen LogP contribution in [0.3, 0.4) is 0 Å². The molecule has 0 aromatic heterocycles. The Bertz CT molecular complexity index is 4000. The van der Waals surface area contributed by atoms with Crippen LogP contribution in [-0.2, 0) is 27.8 Å². The average Bonchev–Trinajstić information content (AvgIpc) is 0.809. The molecule has 9 aromatic carbocycles. The van der Waals surface area contributed by atoms with Gasteiger partial charge in [-0.3, -0.25) is 24.0 Å². The maximum atomic E-state index is 12.3. The van der Waals surface area contributed by atoms with E-state index in [-0.39, 0.29) is 57.6 Å². The highest BCUT2D eigenvalue weighted by Crippen LogP contribution is 2.30. The number of hydrogen-bond donors (Lipinski definition) is 0. The molecular weight excluding hydrogens is 1250 g/mol. The molecule has 0 aliphatic carbocycles. The summed E-state index contributed by atoms with van der Waals surface area (Å²) in [6.45, 7) is 58.1. The summed E-state index contributed by atoms with van der Waals surface area (Å²) in [6.07, 6.45) is 6.17. The summed E-state index contributed by atoms with van der Waals surface area (Å²) < 4.78 is 0. The van der Waals surface area contributed by atoms with Crippen LogP contribution in [0.25, 0.3) is 27.6 Å². The molecule has 0 spiro atoms. The van der Waals surface area contributed by atoms with Crippen LogP contribution in [-0.4, -0.2) is 28.9 Å². The topological polar surface area (TPSA) is 85.3 Å². The number of carbonyl (C=O) groups is 5. The Kier molecular flexibility index (Phi) is 36.8. The van der Waals surface area contributed by atoms with Gasteiger partial charge in [0.1, 0.15) is 5.78 Å². The second-order valence-corrected chi connectivity index (χ2v) is 35.4. The monoisotopic (exact) mass is 1380 g/mol. The van der Waals surface area contributed by atoms with Gasteiger partial charge in [0.2, 0.25) is 0 Å². The van der Waals surface area contributed by atoms with Crippen LogP contribution < -0.4 is 0 Å². The number of aryl methyl sites for hydroxylation is 2. The summed E-state index contributed by atoms with van der Waals surface area (Å²) in [4.78, 5) is 59.2. The summed E-state index contributed by atoms with van der Waals surface area (Å²) >= 11 is 0. The molecule has 0 atom stereocenters. The van der Waals surface area contributed by atoms with Crippen LogP contribution in [0.4, 0.5) is 0 Å². The molecule has 9 aromatic rings. The molecule has 0 bridgehead atoms. The second-order valence-electron chi connectivity index (χ2n) is 35.4. The normalized spacial score (nSPS) is 11.5. The fourth-order valence-corrected chi connectivity index (χ4v) is 9.59. The van der Waals surface area contributed by atoms with Crippen molar-refractivity contribution < 1.29 is 24.0 Å². The summed E-state index contributed by atoms with van der Waals surface area (Å²) in [5, 5.41) is 4.47. The minimum atomic E-state index is -0.329. The van der Waals surface area contributed by atoms with E-state index in [1.165, 1.54) is 45.2 Å². The summed E-state index contributed by atoms with van der Waals surface area (Å²) in [5.74, 6) is 1.08. The Morgan fingerprint density at radius 3 is 1.24 bits per heavy atom. The first kappa shape index (κ1) is 91.6. The highest BCUT2D eigenvalue weighted by molar-refractivity contribution is 6.10. The third kappa shape index (κ3) is 36.0. The zero-order valence-corrected chi connectivity index (χ0v) is 67.6. The van der Waals surface area contributed by atoms with Gasteiger partial charge in [0.05, 0.1) is 0 Å². The molecular formula is C97H132O5. The van der Waals surface area contributed by atoms with Gasteiger partial charge in [0, 0.05) is 50.2 Å². The third-order valence-corrected chi connectivity index (χ3v) is 15.9. The van der Waals surface area contributed by atoms with Gasteiger partial charge in [0.25, 0.3) is 0 Å². The molecule has 0 saturated carbocycles. The highest BCUT2D eigenvalue weighted by Gasteiger charge is 2.26. The molecule has 0 radical (unpaired) electrons. The number of Topliss-reactive ketones (excluding diaryl/α,β-unsaturated/α-hetero) is 4. The van der Waals surface area contributed by atoms with Gasteiger partial charge in [-0.25, -0.2) is 0 Å². The number of benzene rings is 9. The van der Waals surface area contributed by atoms with Crippen molar-refractivity contribution in [3.05, 3.63) is 280 Å². The Hall–Kier alpha value is -8.41. The first-order valence-corrected chi connectivity index (χ1v) is 36.0. The fraction of sp³-hybridized carbons (Fsp3) is 0.412. The van der Waals surface area contributed by atoms with Crippen LogP contribution in [0.5, 0.6) is 0 Å². The van der Waals surface area contributed by atoms with Crippen LogP contribution in [0.2, 0.25) is 0 Å². The van der Waals surface area contributed by atoms with Crippen LogP contribution in [0.1, 0.15) is 257 Å². The molecule has 5 heteroatoms. The molecule has 0 heterocycles. The predicted octanol–water partition coefficient (Wildman–Crippen LogP) is 27.5. The van der Waals surface area contributed by atoms with Crippen molar-refractivity contribution in [2.24, 2.45) is 37.9 Å². The van der Waals surface area contributed by atoms with Crippen molar-refractivity contribution in [1.82, 2.24) is 0 Å². The molecule has 0 aliphatic heterocycles. The Balaban J connectivity index is 0.000000590. The number of allylic oxidation sites excluding steroid dienone is 1. The molecule has 0 N–H and O–H groups in total. The molecule has 0 aliphatic rings. The summed E-state index contributed by atoms with van der Waals surface area (Å²) in [6, 6.07) is 72.4. The van der Waals surface area contributed by atoms with E-state index < -0.39 is 0 Å². The van der Waals surface area contributed by atoms with E-state index in [1.807, 2.05) is 268 Å². The molecule has 102 heavy (non-hydrogen) atoms. The van der Waals surface area contributed by atoms with Crippen molar-refractivity contribution in [3.8, 4) is 0 Å². The standard InChI is InChI=1S/2C15H16O.C14H22.C13H18O.C13H16O.C11H14O.C10H14.C5H12.CH4/c1-15(2,3)14(16)13-10-6-8-11-7-4-5-9-12(11)13;1-15(2,3)14(16)13-9-8-11-6-4-5-7-12(11)10-13;1-10-7-8-13(9-14(4,5)6)12(3)11(10)2;2*1-13(2,3)12(14)10-9-11-7-5-4-6-8-11;1-11(2,3)10(12)9-7-5-4-6-8-9;1-10(2,3)9-7-5-4-6-8-9;1-5(2,3)4;/h2*4-10H,1-3H3;7-8H,9H2,1-6H3;4-8H,9-10H2,1-3H3;4-10H,1-3H3;4-8H,1-3H3;4-8H,1-3H3;1-4H3;1H4/b;;;;10-9+;;;;. The lowest BCUT2D eigenvalue weighted by atomic mass is 9.85. The number of carbonyl (C=O) groups excluding carboxylic acids is 5. The van der Waals surface area contributed by atoms with Gasteiger partial charge < -0.3 is 0 Å². The maximum Gasteiger partial charge on any atom is 0.168 e. The van der Waals surface area contributed by atoms with Gasteiger partial charge in [-0.1, -0.05) is 399 Å². The number of rotatable bonds is 9. The lowest BCUT2D eigenvalue weighted by molar-refractivity contribution is -0.126. The van der Waals surface area contributed by atoms with Crippen molar-refractivity contribution in [2.75, 3.05) is 0 Å². The first-order chi connectivity index (χ1) is 46.4. The first-order valence-electron chi connectivity index (χ1n) is 36.0. The van der Waals surface area contributed by atoms with Gasteiger partial charge in [-0.05, 0) is 122 Å². The smallest absolute Gasteiger partial charge is 0.168 e. The van der Waals surface area contributed by atoms with E-state index in [1.54, 1.807) is 6.08 Å². The number of fused-ring (bicyclic) bond motifs is 2. The highest BCUT2D eigenvalue weighted by atomic mass is 16.1. The van der Waals surface area contributed by atoms with E-state index in [2.05, 4.69) is 151 Å². The molecule has 5 nitrogen and oxygen atoms in total. The molecule has 550 valence electrons. The SMILES string of the molecule is C.CC(C)(C)C.CC(C)(C)C(=O)/C=C/c1ccccc1.CC(C)(C)C(=O)CCc1ccccc1.CC(C)(C)C(=O)c1ccc2ccccc2c1.CC(C)(C)C(=O)c1cccc2ccccc12.CC(C)(C)C(=O)c1ccccc1.CC(C)(C)c1ccccc1.Cc1ccc(CC(C)(C)C)c(C)c1C. The summed E-state index contributed by atoms with van der Waals surface area (Å²) in [7, 11) is 0. The molecule has 0 fully saturated rings. The average molecular weight is 1380 g/mol. The largest absolute Gasteiger partial charge is 0.299 e. The molecule has 9 rings (SSSR count). The van der Waals surface area contributed by atoms with Crippen molar-refractivity contribution >= 4 is 56.5 Å². The van der Waals surface area contributed by atoms with E-state index in [0.29, 0.717) is 28.4 Å². The Morgan fingerprint density at radius 1 is 0.363 bits per heavy atom. The zero-order chi connectivity index (χ0) is 77.0. The van der Waals surface area contributed by atoms with Crippen molar-refractivity contribution in [1.29, 1.82) is 0 Å².